The van der Waals surface area contributed by atoms with E-state index in [2.05, 4.69) is 10.1 Å². The molecule has 2 aromatic heterocycles. The highest BCUT2D eigenvalue weighted by Crippen LogP contribution is 2.36. The summed E-state index contributed by atoms with van der Waals surface area (Å²) in [4.78, 5) is 31.9. The molecule has 3 heterocycles. The quantitative estimate of drug-likeness (QED) is 0.527. The van der Waals surface area contributed by atoms with Gasteiger partial charge in [-0.25, -0.2) is 13.9 Å². The molecule has 174 valence electrons. The van der Waals surface area contributed by atoms with Gasteiger partial charge in [0.2, 0.25) is 0 Å². The first-order chi connectivity index (χ1) is 15.9. The van der Waals surface area contributed by atoms with Gasteiger partial charge in [-0.1, -0.05) is 12.1 Å². The molecular formula is C25H29FN4O3. The number of fused-ring (bicyclic) bond motifs is 1. The van der Waals surface area contributed by atoms with Gasteiger partial charge in [-0.2, -0.15) is 5.10 Å². The lowest BCUT2D eigenvalue weighted by molar-refractivity contribution is -0.144. The van der Waals surface area contributed by atoms with Crippen molar-refractivity contribution in [1.82, 2.24) is 19.5 Å². The molecule has 7 nitrogen and oxygen atoms in total. The van der Waals surface area contributed by atoms with Crippen molar-refractivity contribution >= 4 is 17.5 Å². The first-order valence-corrected chi connectivity index (χ1v) is 11.4. The molecule has 1 atom stereocenters. The van der Waals surface area contributed by atoms with E-state index in [-0.39, 0.29) is 36.0 Å². The molecule has 8 heteroatoms. The zero-order valence-corrected chi connectivity index (χ0v) is 19.3. The molecule has 0 aliphatic carbocycles. The van der Waals surface area contributed by atoms with E-state index in [1.165, 1.54) is 12.1 Å². The summed E-state index contributed by atoms with van der Waals surface area (Å²) < 4.78 is 20.3. The number of nitrogens with zero attached hydrogens (tertiary/aromatic N) is 4. The van der Waals surface area contributed by atoms with Crippen LogP contribution in [0.15, 0.2) is 36.5 Å². The second-order valence-electron chi connectivity index (χ2n) is 8.63. The predicted molar refractivity (Wildman–Crippen MR) is 121 cm³/mol. The highest BCUT2D eigenvalue weighted by Gasteiger charge is 2.32. The summed E-state index contributed by atoms with van der Waals surface area (Å²) in [6, 6.07) is 8.26. The largest absolute Gasteiger partial charge is 0.466 e. The molecule has 1 saturated heterocycles. The van der Waals surface area contributed by atoms with Gasteiger partial charge in [0.25, 0.3) is 5.91 Å². The van der Waals surface area contributed by atoms with Crippen LogP contribution in [0.1, 0.15) is 59.4 Å². The first-order valence-electron chi connectivity index (χ1n) is 11.4. The number of halogens is 1. The van der Waals surface area contributed by atoms with Gasteiger partial charge in [-0.15, -0.1) is 0 Å². The van der Waals surface area contributed by atoms with Crippen LogP contribution in [0.4, 0.5) is 4.39 Å². The van der Waals surface area contributed by atoms with Crippen molar-refractivity contribution in [3.63, 3.8) is 0 Å². The van der Waals surface area contributed by atoms with Crippen molar-refractivity contribution in [1.29, 1.82) is 0 Å². The number of rotatable bonds is 6. The number of hydrogen-bond donors (Lipinski definition) is 0. The number of benzene rings is 1. The molecule has 0 N–H and O–H groups in total. The standard InChI is InChI=1S/C25H29FN4O3/c1-4-33-23(31)14-21(18-5-7-20(26)8-6-18)19-9-11-29(12-10-19)25(32)22-15-27-30-17(3)13-16(2)28-24(22)30/h5-8,13,15,19,21H,4,9-12,14H2,1-3H3/t21-/m1/s1. The van der Waals surface area contributed by atoms with Gasteiger partial charge < -0.3 is 9.64 Å². The fraction of sp³-hybridized carbons (Fsp3) is 0.440. The van der Waals surface area contributed by atoms with Gasteiger partial charge in [-0.3, -0.25) is 9.59 Å². The van der Waals surface area contributed by atoms with E-state index in [9.17, 15) is 14.0 Å². The number of aryl methyl sites for hydroxylation is 2. The third kappa shape index (κ3) is 4.89. The molecule has 0 radical (unpaired) electrons. The predicted octanol–water partition coefficient (Wildman–Crippen LogP) is 4.07. The van der Waals surface area contributed by atoms with Gasteiger partial charge in [0.05, 0.1) is 19.2 Å². The molecule has 3 aromatic rings. The highest BCUT2D eigenvalue weighted by molar-refractivity contribution is 5.99. The first kappa shape index (κ1) is 22.9. The van der Waals surface area contributed by atoms with Crippen LogP contribution >= 0.6 is 0 Å². The summed E-state index contributed by atoms with van der Waals surface area (Å²) in [5.74, 6) is -0.527. The van der Waals surface area contributed by atoms with Crippen LogP contribution < -0.4 is 0 Å². The van der Waals surface area contributed by atoms with E-state index in [1.807, 2.05) is 24.8 Å². The van der Waals surface area contributed by atoms with E-state index in [0.717, 1.165) is 29.8 Å². The van der Waals surface area contributed by atoms with Crippen molar-refractivity contribution in [2.75, 3.05) is 19.7 Å². The number of aromatic nitrogens is 3. The fourth-order valence-electron chi connectivity index (χ4n) is 4.76. The van der Waals surface area contributed by atoms with Gasteiger partial charge >= 0.3 is 5.97 Å². The number of ether oxygens (including phenoxy) is 1. The van der Waals surface area contributed by atoms with Crippen molar-refractivity contribution in [2.45, 2.75) is 46.0 Å². The lowest BCUT2D eigenvalue weighted by Gasteiger charge is -2.36. The molecule has 0 spiro atoms. The summed E-state index contributed by atoms with van der Waals surface area (Å²) >= 11 is 0. The molecule has 1 aliphatic heterocycles. The molecule has 0 saturated carbocycles. The van der Waals surface area contributed by atoms with Gasteiger partial charge in [0, 0.05) is 24.5 Å². The third-order valence-corrected chi connectivity index (χ3v) is 6.39. The third-order valence-electron chi connectivity index (χ3n) is 6.39. The molecule has 1 amide bonds. The van der Waals surface area contributed by atoms with Gasteiger partial charge in [0.15, 0.2) is 5.65 Å². The fourth-order valence-corrected chi connectivity index (χ4v) is 4.76. The number of carbonyl (C=O) groups excluding carboxylic acids is 2. The van der Waals surface area contributed by atoms with E-state index in [1.54, 1.807) is 29.8 Å². The molecule has 0 unspecified atom stereocenters. The summed E-state index contributed by atoms with van der Waals surface area (Å²) in [6.45, 7) is 7.10. The Kier molecular flexibility index (Phi) is 6.72. The van der Waals surface area contributed by atoms with Gasteiger partial charge in [-0.05, 0) is 69.2 Å². The van der Waals surface area contributed by atoms with Crippen LogP contribution in [0.25, 0.3) is 5.65 Å². The normalized spacial score (nSPS) is 15.6. The summed E-state index contributed by atoms with van der Waals surface area (Å²) in [5.41, 5.74) is 3.77. The molecule has 4 rings (SSSR count). The monoisotopic (exact) mass is 452 g/mol. The Morgan fingerprint density at radius 3 is 2.55 bits per heavy atom. The molecule has 1 fully saturated rings. The number of esters is 1. The number of piperidine rings is 1. The van der Waals surface area contributed by atoms with E-state index < -0.39 is 0 Å². The minimum atomic E-state index is -0.304. The topological polar surface area (TPSA) is 76.8 Å². The van der Waals surface area contributed by atoms with Crippen LogP contribution in [0.5, 0.6) is 0 Å². The maximum Gasteiger partial charge on any atom is 0.306 e. The van der Waals surface area contributed by atoms with Crippen LogP contribution in [-0.4, -0.2) is 51.1 Å². The van der Waals surface area contributed by atoms with E-state index >= 15 is 0 Å². The Labute approximate surface area is 192 Å². The number of amides is 1. The molecule has 1 aliphatic rings. The Morgan fingerprint density at radius 2 is 1.88 bits per heavy atom. The van der Waals surface area contributed by atoms with Gasteiger partial charge in [0.1, 0.15) is 11.4 Å². The smallest absolute Gasteiger partial charge is 0.306 e. The van der Waals surface area contributed by atoms with Crippen LogP contribution in [0.3, 0.4) is 0 Å². The summed E-state index contributed by atoms with van der Waals surface area (Å²) in [5, 5.41) is 4.34. The van der Waals surface area contributed by atoms with Crippen LogP contribution in [0.2, 0.25) is 0 Å². The average Bonchev–Trinajstić information content (AvgIpc) is 3.22. The van der Waals surface area contributed by atoms with E-state index in [4.69, 9.17) is 4.74 Å². The zero-order chi connectivity index (χ0) is 23.5. The molecule has 33 heavy (non-hydrogen) atoms. The molecule has 1 aromatic carbocycles. The highest BCUT2D eigenvalue weighted by atomic mass is 19.1. The summed E-state index contributed by atoms with van der Waals surface area (Å²) in [7, 11) is 0. The SMILES string of the molecule is CCOC(=O)C[C@H](c1ccc(F)cc1)C1CCN(C(=O)c2cnn3c(C)cc(C)nc23)CC1. The maximum atomic E-state index is 13.5. The zero-order valence-electron chi connectivity index (χ0n) is 19.3. The lowest BCUT2D eigenvalue weighted by atomic mass is 9.78. The minimum absolute atomic E-state index is 0.0779. The van der Waals surface area contributed by atoms with Crippen molar-refractivity contribution in [3.05, 3.63) is 64.9 Å². The lowest BCUT2D eigenvalue weighted by Crippen LogP contribution is -2.40. The average molecular weight is 453 g/mol. The number of hydrogen-bond acceptors (Lipinski definition) is 5. The van der Waals surface area contributed by atoms with E-state index in [0.29, 0.717) is 30.9 Å². The Hall–Kier alpha value is -3.29. The Balaban J connectivity index is 1.49. The molecule has 0 bridgehead atoms. The molecular weight excluding hydrogens is 423 g/mol. The maximum absolute atomic E-state index is 13.5. The van der Waals surface area contributed by atoms with Crippen LogP contribution in [-0.2, 0) is 9.53 Å². The Bertz CT molecular complexity index is 1150. The second-order valence-corrected chi connectivity index (χ2v) is 8.63. The number of carbonyl (C=O) groups is 2. The van der Waals surface area contributed by atoms with Crippen LogP contribution in [0, 0.1) is 25.6 Å². The summed E-state index contributed by atoms with van der Waals surface area (Å²) in [6.07, 6.45) is 3.33. The second kappa shape index (κ2) is 9.68. The van der Waals surface area contributed by atoms with Crippen molar-refractivity contribution in [3.8, 4) is 0 Å². The van der Waals surface area contributed by atoms with Crippen molar-refractivity contribution < 1.29 is 18.7 Å². The Morgan fingerprint density at radius 1 is 1.18 bits per heavy atom. The van der Waals surface area contributed by atoms with Crippen molar-refractivity contribution in [2.24, 2.45) is 5.92 Å². The number of likely N-dealkylation sites (tertiary alicyclic amines) is 1. The minimum Gasteiger partial charge on any atom is -0.466 e.